The fourth-order valence-electron chi connectivity index (χ4n) is 3.86. The predicted molar refractivity (Wildman–Crippen MR) is 146 cm³/mol. The van der Waals surface area contributed by atoms with Crippen molar-refractivity contribution in [3.63, 3.8) is 0 Å². The molecule has 8 nitrogen and oxygen atoms in total. The van der Waals surface area contributed by atoms with Gasteiger partial charge in [0.2, 0.25) is 0 Å². The van der Waals surface area contributed by atoms with E-state index >= 15 is 0 Å². The van der Waals surface area contributed by atoms with Crippen LogP contribution in [0, 0.1) is 0 Å². The normalized spacial score (nSPS) is 25.2. The van der Waals surface area contributed by atoms with Crippen LogP contribution in [0.4, 0.5) is 0 Å². The molecule has 34 heavy (non-hydrogen) atoms. The maximum absolute atomic E-state index is 13.3. The van der Waals surface area contributed by atoms with Crippen molar-refractivity contribution in [1.29, 1.82) is 0 Å². The van der Waals surface area contributed by atoms with Crippen molar-refractivity contribution in [2.75, 3.05) is 18.8 Å². The first kappa shape index (κ1) is 27.5. The van der Waals surface area contributed by atoms with Crippen LogP contribution >= 0.6 is 47.1 Å². The number of thiocarbonyl (C=S) groups is 1. The van der Waals surface area contributed by atoms with Crippen LogP contribution < -0.4 is 14.8 Å². The van der Waals surface area contributed by atoms with E-state index in [4.69, 9.17) is 16.8 Å². The topological polar surface area (TPSA) is 99.9 Å². The summed E-state index contributed by atoms with van der Waals surface area (Å²) in [4.78, 5) is 30.4. The molecule has 3 heterocycles. The Labute approximate surface area is 217 Å². The minimum atomic E-state index is -4.11. The number of carbonyl (C=O) groups excluding carboxylic acids is 1. The lowest BCUT2D eigenvalue weighted by atomic mass is 10.2. The molecule has 0 aliphatic carbocycles. The van der Waals surface area contributed by atoms with Gasteiger partial charge in [0.1, 0.15) is 13.9 Å². The summed E-state index contributed by atoms with van der Waals surface area (Å²) in [5.74, 6) is -0.794. The van der Waals surface area contributed by atoms with Gasteiger partial charge in [-0.15, -0.1) is 23.1 Å². The van der Waals surface area contributed by atoms with Gasteiger partial charge in [0, 0.05) is 30.9 Å². The monoisotopic (exact) mass is 563 g/mol. The highest BCUT2D eigenvalue weighted by Crippen LogP contribution is 2.38. The van der Waals surface area contributed by atoms with E-state index in [0.717, 1.165) is 28.9 Å². The number of hydrogen-bond donors (Lipinski definition) is 1. The average Bonchev–Trinajstić information content (AvgIpc) is 3.33. The van der Waals surface area contributed by atoms with Crippen LogP contribution in [-0.4, -0.2) is 67.7 Å². The molecule has 0 bridgehead atoms. The highest BCUT2D eigenvalue weighted by molar-refractivity contribution is 8.30. The van der Waals surface area contributed by atoms with Crippen molar-refractivity contribution >= 4 is 77.9 Å². The average molecular weight is 564 g/mol. The zero-order valence-corrected chi connectivity index (χ0v) is 23.8. The molecule has 0 saturated carbocycles. The molecule has 1 amide bonds. The minimum absolute atomic E-state index is 0.0672. The van der Waals surface area contributed by atoms with Gasteiger partial charge in [-0.3, -0.25) is 23.6 Å². The summed E-state index contributed by atoms with van der Waals surface area (Å²) in [5, 5.41) is 1.60. The zero-order valence-electron chi connectivity index (χ0n) is 19.7. The van der Waals surface area contributed by atoms with Gasteiger partial charge in [-0.05, 0) is 45.8 Å². The smallest absolute Gasteiger partial charge is 0.269 e. The number of carbonyl (C=O) groups is 1. The molecule has 13 heteroatoms. The molecule has 2 unspecified atom stereocenters. The molecule has 0 aromatic carbocycles. The molecular formula is C21H29N3O5S5. The maximum Gasteiger partial charge on any atom is 0.269 e. The van der Waals surface area contributed by atoms with E-state index in [1.807, 2.05) is 13.8 Å². The number of thioether (sulfide) groups is 2. The lowest BCUT2D eigenvalue weighted by molar-refractivity contribution is -0.120. The molecule has 2 fully saturated rings. The van der Waals surface area contributed by atoms with Gasteiger partial charge < -0.3 is 4.90 Å². The first-order chi connectivity index (χ1) is 15.9. The summed E-state index contributed by atoms with van der Waals surface area (Å²) in [6.45, 7) is 11.7. The Morgan fingerprint density at radius 1 is 1.21 bits per heavy atom. The molecule has 1 aromatic rings. The van der Waals surface area contributed by atoms with Gasteiger partial charge in [0.25, 0.3) is 21.6 Å². The predicted octanol–water partition coefficient (Wildman–Crippen LogP) is 2.03. The second-order valence-corrected chi connectivity index (χ2v) is 13.7. The molecule has 2 saturated heterocycles. The van der Waals surface area contributed by atoms with Gasteiger partial charge in [-0.1, -0.05) is 30.9 Å². The van der Waals surface area contributed by atoms with Crippen LogP contribution in [0.2, 0.25) is 0 Å². The van der Waals surface area contributed by atoms with Crippen LogP contribution in [0.15, 0.2) is 15.9 Å². The SMILES string of the molecule is CCN1/C(=C\C(C)=c2\s/c(=C3\SC(=S)N(CCCS(=O)(=O)O)C3=O)n(CC)c2=O)SC(C)C1C. The van der Waals surface area contributed by atoms with Crippen LogP contribution in [0.3, 0.4) is 0 Å². The van der Waals surface area contributed by atoms with Gasteiger partial charge in [-0.25, -0.2) is 0 Å². The first-order valence-electron chi connectivity index (χ1n) is 11.0. The summed E-state index contributed by atoms with van der Waals surface area (Å²) < 4.78 is 34.0. The Kier molecular flexibility index (Phi) is 8.78. The number of thiazole rings is 1. The summed E-state index contributed by atoms with van der Waals surface area (Å²) in [5.41, 5.74) is 0.718. The summed E-state index contributed by atoms with van der Waals surface area (Å²) >= 11 is 9.55. The second-order valence-electron chi connectivity index (χ2n) is 8.09. The zero-order chi connectivity index (χ0) is 25.4. The summed E-state index contributed by atoms with van der Waals surface area (Å²) in [7, 11) is -4.11. The molecule has 2 aliphatic rings. The maximum atomic E-state index is 13.3. The first-order valence-corrected chi connectivity index (χ1v) is 15.5. The molecule has 2 aliphatic heterocycles. The number of rotatable bonds is 7. The highest BCUT2D eigenvalue weighted by Gasteiger charge is 2.34. The van der Waals surface area contributed by atoms with Gasteiger partial charge in [-0.2, -0.15) is 8.42 Å². The molecule has 0 radical (unpaired) electrons. The molecule has 2 atom stereocenters. The molecule has 1 aromatic heterocycles. The third-order valence-corrected chi connectivity index (χ3v) is 10.9. The summed E-state index contributed by atoms with van der Waals surface area (Å²) in [6.07, 6.45) is 2.13. The molecule has 0 spiro atoms. The Morgan fingerprint density at radius 2 is 1.88 bits per heavy atom. The van der Waals surface area contributed by atoms with Crippen LogP contribution in [0.25, 0.3) is 10.5 Å². The number of nitrogens with zero attached hydrogens (tertiary/aromatic N) is 3. The third-order valence-electron chi connectivity index (χ3n) is 5.83. The fourth-order valence-corrected chi connectivity index (χ4v) is 8.40. The van der Waals surface area contributed by atoms with E-state index in [1.54, 1.807) is 16.3 Å². The largest absolute Gasteiger partial charge is 0.363 e. The Balaban J connectivity index is 2.05. The molecular weight excluding hydrogens is 535 g/mol. The lowest BCUT2D eigenvalue weighted by Gasteiger charge is -2.23. The Hall–Kier alpha value is -1.12. The van der Waals surface area contributed by atoms with Gasteiger partial charge in [0.05, 0.1) is 15.3 Å². The van der Waals surface area contributed by atoms with Crippen molar-refractivity contribution in [2.45, 2.75) is 58.9 Å². The third kappa shape index (κ3) is 5.65. The van der Waals surface area contributed by atoms with Crippen LogP contribution in [0.5, 0.6) is 0 Å². The van der Waals surface area contributed by atoms with Crippen molar-refractivity contribution < 1.29 is 17.8 Å². The lowest BCUT2D eigenvalue weighted by Crippen LogP contribution is -2.34. The van der Waals surface area contributed by atoms with E-state index in [0.29, 0.717) is 36.3 Å². The second kappa shape index (κ2) is 10.9. The number of amides is 1. The van der Waals surface area contributed by atoms with Crippen molar-refractivity contribution in [3.8, 4) is 0 Å². The van der Waals surface area contributed by atoms with E-state index in [-0.39, 0.29) is 24.4 Å². The molecule has 188 valence electrons. The van der Waals surface area contributed by atoms with E-state index in [9.17, 15) is 18.0 Å². The number of hydrogen-bond acceptors (Lipinski definition) is 9. The van der Waals surface area contributed by atoms with E-state index in [1.165, 1.54) is 16.2 Å². The summed E-state index contributed by atoms with van der Waals surface area (Å²) in [6, 6.07) is 0.413. The van der Waals surface area contributed by atoms with Crippen molar-refractivity contribution in [2.24, 2.45) is 0 Å². The number of allylic oxidation sites excluding steroid dienone is 1. The van der Waals surface area contributed by atoms with Gasteiger partial charge >= 0.3 is 0 Å². The van der Waals surface area contributed by atoms with Crippen molar-refractivity contribution in [1.82, 2.24) is 14.4 Å². The Morgan fingerprint density at radius 3 is 2.47 bits per heavy atom. The van der Waals surface area contributed by atoms with Gasteiger partial charge in [0.15, 0.2) is 0 Å². The quantitative estimate of drug-likeness (QED) is 0.395. The standard InChI is InChI=1S/C21H29N3O5S5/c1-6-22-13(4)14(5)31-15(22)11-12(3)16-18(25)23(7-2)20(32-16)17-19(26)24(21(30)33-17)9-8-10-34(27,28)29/h11,13-14H,6-10H2,1-5H3,(H,27,28,29)/b15-11+,16-12+,20-17-. The van der Waals surface area contributed by atoms with Crippen LogP contribution in [-0.2, 0) is 21.5 Å². The Bertz CT molecular complexity index is 1310. The minimum Gasteiger partial charge on any atom is -0.363 e. The fraction of sp³-hybridized carbons (Fsp3) is 0.571. The van der Waals surface area contributed by atoms with Crippen molar-refractivity contribution in [3.05, 3.63) is 30.7 Å². The molecule has 1 N–H and O–H groups in total. The van der Waals surface area contributed by atoms with E-state index in [2.05, 4.69) is 31.7 Å². The molecule has 3 rings (SSSR count). The number of aromatic nitrogens is 1. The van der Waals surface area contributed by atoms with Crippen LogP contribution in [0.1, 0.15) is 41.0 Å². The highest BCUT2D eigenvalue weighted by atomic mass is 32.2. The van der Waals surface area contributed by atoms with E-state index < -0.39 is 15.9 Å².